The van der Waals surface area contributed by atoms with Crippen molar-refractivity contribution in [3.8, 4) is 5.75 Å². The first-order valence-electron chi connectivity index (χ1n) is 8.74. The lowest BCUT2D eigenvalue weighted by atomic mass is 9.81. The molecule has 0 radical (unpaired) electrons. The highest BCUT2D eigenvalue weighted by Gasteiger charge is 2.46. The summed E-state index contributed by atoms with van der Waals surface area (Å²) in [5, 5.41) is 9.20. The van der Waals surface area contributed by atoms with Crippen LogP contribution in [0.4, 0.5) is 4.79 Å². The Labute approximate surface area is 165 Å². The first-order valence-corrected chi connectivity index (χ1v) is 10.7. The number of benzene rings is 1. The maximum absolute atomic E-state index is 12.7. The molecule has 0 bridgehead atoms. The molecule has 1 aromatic carbocycles. The molecule has 1 spiro atoms. The highest BCUT2D eigenvalue weighted by atomic mass is 79.9. The van der Waals surface area contributed by atoms with E-state index in [9.17, 15) is 14.5 Å². The fourth-order valence-corrected chi connectivity index (χ4v) is 4.67. The van der Waals surface area contributed by atoms with Gasteiger partial charge < -0.3 is 19.3 Å². The number of likely N-dealkylation sites (tertiary alicyclic amines) is 1. The van der Waals surface area contributed by atoms with E-state index in [0.29, 0.717) is 32.4 Å². The number of nitrogens with one attached hydrogen (secondary N) is 1. The molecule has 3 rings (SSSR count). The van der Waals surface area contributed by atoms with Gasteiger partial charge in [0.1, 0.15) is 16.1 Å². The van der Waals surface area contributed by atoms with Crippen LogP contribution in [0, 0.1) is 0 Å². The highest BCUT2D eigenvalue weighted by molar-refractivity contribution is 9.10. The fourth-order valence-electron chi connectivity index (χ4n) is 3.46. The zero-order valence-corrected chi connectivity index (χ0v) is 17.7. The van der Waals surface area contributed by atoms with Gasteiger partial charge >= 0.3 is 6.09 Å². The number of fused-ring (bicyclic) bond motifs is 1. The van der Waals surface area contributed by atoms with Crippen LogP contribution in [0.3, 0.4) is 0 Å². The molecule has 1 amide bonds. The minimum absolute atomic E-state index is 0.104. The van der Waals surface area contributed by atoms with Crippen molar-refractivity contribution in [3.63, 3.8) is 0 Å². The number of rotatable bonds is 2. The Kier molecular flexibility index (Phi) is 5.50. The Balaban J connectivity index is 1.86. The molecule has 0 saturated carbocycles. The van der Waals surface area contributed by atoms with Crippen LogP contribution >= 0.6 is 15.9 Å². The van der Waals surface area contributed by atoms with Crippen LogP contribution in [0.5, 0.6) is 5.75 Å². The van der Waals surface area contributed by atoms with Crippen molar-refractivity contribution in [2.24, 2.45) is 0 Å². The average molecular weight is 445 g/mol. The summed E-state index contributed by atoms with van der Waals surface area (Å²) >= 11 is 2.29. The zero-order chi connectivity index (χ0) is 19.1. The first-order chi connectivity index (χ1) is 12.1. The number of nitrogens with zero attached hydrogens (tertiary/aromatic N) is 1. The molecule has 0 unspecified atom stereocenters. The monoisotopic (exact) mass is 444 g/mol. The number of hydrogen-bond acceptors (Lipinski definition) is 4. The molecule has 144 valence electrons. The summed E-state index contributed by atoms with van der Waals surface area (Å²) in [7, 11) is 0. The standard InChI is InChI=1S/C18H25BrN2O4S/c1-17(2,3)26(24)20-14-11-18(6-8-21(9-7-18)16(22)23)25-15-5-4-12(19)10-13(14)15/h4-5,10,14,20H,6-9,11H2,1-3H3,(H,22,23)/t14-,26-/m0/s1. The summed E-state index contributed by atoms with van der Waals surface area (Å²) in [6.07, 6.45) is 1.05. The summed E-state index contributed by atoms with van der Waals surface area (Å²) in [4.78, 5) is 12.6. The quantitative estimate of drug-likeness (QED) is 0.676. The van der Waals surface area contributed by atoms with Gasteiger partial charge in [-0.1, -0.05) is 15.9 Å². The molecule has 26 heavy (non-hydrogen) atoms. The van der Waals surface area contributed by atoms with Gasteiger partial charge in [0, 0.05) is 53.8 Å². The molecule has 2 aliphatic rings. The second-order valence-corrected chi connectivity index (χ2v) is 10.9. The van der Waals surface area contributed by atoms with Gasteiger partial charge in [0.2, 0.25) is 0 Å². The maximum Gasteiger partial charge on any atom is 0.407 e. The Morgan fingerprint density at radius 3 is 2.65 bits per heavy atom. The SMILES string of the molecule is CC(C)(C)[S@+]([O-])N[C@H]1CC2(CCN(C(=O)O)CC2)Oc2ccc(Br)cc21. The predicted octanol–water partition coefficient (Wildman–Crippen LogP) is 3.84. The van der Waals surface area contributed by atoms with Crippen LogP contribution in [-0.2, 0) is 11.4 Å². The van der Waals surface area contributed by atoms with Gasteiger partial charge in [-0.2, -0.15) is 0 Å². The van der Waals surface area contributed by atoms with Gasteiger partial charge in [-0.05, 0) is 39.0 Å². The van der Waals surface area contributed by atoms with Gasteiger partial charge in [-0.15, -0.1) is 4.72 Å². The Morgan fingerprint density at radius 2 is 2.08 bits per heavy atom. The molecule has 6 nitrogen and oxygen atoms in total. The Bertz CT molecular complexity index is 686. The number of amides is 1. The molecule has 1 fully saturated rings. The van der Waals surface area contributed by atoms with Crippen LogP contribution in [0.15, 0.2) is 22.7 Å². The normalized spacial score (nSPS) is 23.3. The second-order valence-electron chi connectivity index (χ2n) is 7.99. The van der Waals surface area contributed by atoms with Crippen LogP contribution in [0.1, 0.15) is 51.6 Å². The third kappa shape index (κ3) is 4.13. The molecular weight excluding hydrogens is 420 g/mol. The van der Waals surface area contributed by atoms with Gasteiger partial charge in [0.15, 0.2) is 0 Å². The molecular formula is C18H25BrN2O4S. The third-order valence-electron chi connectivity index (χ3n) is 5.00. The van der Waals surface area contributed by atoms with Crippen LogP contribution < -0.4 is 9.46 Å². The van der Waals surface area contributed by atoms with Crippen molar-refractivity contribution in [2.45, 2.75) is 56.4 Å². The number of carbonyl (C=O) groups is 1. The minimum Gasteiger partial charge on any atom is -0.598 e. The summed E-state index contributed by atoms with van der Waals surface area (Å²) in [6, 6.07) is 5.76. The first kappa shape index (κ1) is 19.8. The van der Waals surface area contributed by atoms with E-state index in [1.54, 1.807) is 0 Å². The number of carboxylic acid groups (broad SMARTS) is 1. The fraction of sp³-hybridized carbons (Fsp3) is 0.611. The maximum atomic E-state index is 12.7. The van der Waals surface area contributed by atoms with Gasteiger partial charge in [0.25, 0.3) is 0 Å². The van der Waals surface area contributed by atoms with E-state index >= 15 is 0 Å². The Hall–Kier alpha value is -0.960. The van der Waals surface area contributed by atoms with Crippen molar-refractivity contribution < 1.29 is 19.2 Å². The highest BCUT2D eigenvalue weighted by Crippen LogP contribution is 2.45. The lowest BCUT2D eigenvalue weighted by Crippen LogP contribution is -2.54. The predicted molar refractivity (Wildman–Crippen MR) is 105 cm³/mol. The van der Waals surface area contributed by atoms with Gasteiger partial charge in [-0.3, -0.25) is 0 Å². The molecule has 0 aliphatic carbocycles. The molecule has 2 atom stereocenters. The lowest BCUT2D eigenvalue weighted by molar-refractivity contribution is -0.0191. The molecule has 1 aromatic rings. The van der Waals surface area contributed by atoms with Crippen LogP contribution in [-0.4, -0.2) is 44.1 Å². The molecule has 2 aliphatic heterocycles. The Morgan fingerprint density at radius 1 is 1.42 bits per heavy atom. The second kappa shape index (κ2) is 7.22. The molecule has 2 heterocycles. The van der Waals surface area contributed by atoms with E-state index < -0.39 is 23.1 Å². The van der Waals surface area contributed by atoms with Gasteiger partial charge in [0.05, 0.1) is 6.04 Å². The molecule has 0 aromatic heterocycles. The molecule has 2 N–H and O–H groups in total. The summed E-state index contributed by atoms with van der Waals surface area (Å²) in [5.41, 5.74) is 0.565. The molecule has 1 saturated heterocycles. The number of hydrogen-bond donors (Lipinski definition) is 2. The van der Waals surface area contributed by atoms with E-state index in [1.165, 1.54) is 4.90 Å². The summed E-state index contributed by atoms with van der Waals surface area (Å²) in [6.45, 7) is 6.74. The topological polar surface area (TPSA) is 84.9 Å². The van der Waals surface area contributed by atoms with Gasteiger partial charge in [-0.25, -0.2) is 4.79 Å². The van der Waals surface area contributed by atoms with E-state index in [0.717, 1.165) is 15.8 Å². The van der Waals surface area contributed by atoms with E-state index in [1.807, 2.05) is 39.0 Å². The van der Waals surface area contributed by atoms with Crippen molar-refractivity contribution in [2.75, 3.05) is 13.1 Å². The summed E-state index contributed by atoms with van der Waals surface area (Å²) < 4.78 is 22.9. The van der Waals surface area contributed by atoms with E-state index in [-0.39, 0.29) is 10.8 Å². The largest absolute Gasteiger partial charge is 0.598 e. The number of ether oxygens (including phenoxy) is 1. The number of piperidine rings is 1. The average Bonchev–Trinajstić information content (AvgIpc) is 2.55. The third-order valence-corrected chi connectivity index (χ3v) is 7.10. The lowest BCUT2D eigenvalue weighted by Gasteiger charge is -2.46. The summed E-state index contributed by atoms with van der Waals surface area (Å²) in [5.74, 6) is 0.784. The smallest absolute Gasteiger partial charge is 0.407 e. The van der Waals surface area contributed by atoms with Crippen molar-refractivity contribution in [1.82, 2.24) is 9.62 Å². The number of halogens is 1. The van der Waals surface area contributed by atoms with Crippen molar-refractivity contribution in [1.29, 1.82) is 0 Å². The van der Waals surface area contributed by atoms with Crippen molar-refractivity contribution >= 4 is 33.4 Å². The zero-order valence-electron chi connectivity index (χ0n) is 15.3. The minimum atomic E-state index is -1.21. The van der Waals surface area contributed by atoms with Crippen LogP contribution in [0.25, 0.3) is 0 Å². The molecule has 8 heteroatoms. The van der Waals surface area contributed by atoms with Crippen molar-refractivity contribution in [3.05, 3.63) is 28.2 Å². The van der Waals surface area contributed by atoms with Crippen LogP contribution in [0.2, 0.25) is 0 Å². The van der Waals surface area contributed by atoms with E-state index in [2.05, 4.69) is 20.7 Å². The van der Waals surface area contributed by atoms with E-state index in [4.69, 9.17) is 4.74 Å².